The minimum Gasteiger partial charge on any atom is -0.467 e. The van der Waals surface area contributed by atoms with Gasteiger partial charge in [0.25, 0.3) is 5.69 Å². The van der Waals surface area contributed by atoms with Crippen LogP contribution < -0.4 is 15.4 Å². The molecule has 0 unspecified atom stereocenters. The first-order valence-electron chi connectivity index (χ1n) is 10.8. The summed E-state index contributed by atoms with van der Waals surface area (Å²) < 4.78 is 37.5. The summed E-state index contributed by atoms with van der Waals surface area (Å²) in [5, 5.41) is 15.8. The fraction of sp³-hybridized carbons (Fsp3) is 0.571. The van der Waals surface area contributed by atoms with E-state index in [0.717, 1.165) is 31.4 Å². The molecule has 1 aromatic carbocycles. The Hall–Kier alpha value is -3.26. The van der Waals surface area contributed by atoms with Crippen molar-refractivity contribution in [2.45, 2.75) is 69.5 Å². The van der Waals surface area contributed by atoms with E-state index in [0.29, 0.717) is 12.8 Å². The zero-order chi connectivity index (χ0) is 26.8. The highest BCUT2D eigenvalue weighted by atomic mass is 32.2. The highest BCUT2D eigenvalue weighted by Crippen LogP contribution is 2.17. The van der Waals surface area contributed by atoms with Crippen molar-refractivity contribution in [3.8, 4) is 0 Å². The monoisotopic (exact) mass is 516 g/mol. The zero-order valence-electron chi connectivity index (χ0n) is 20.3. The van der Waals surface area contributed by atoms with Crippen molar-refractivity contribution < 1.29 is 37.2 Å². The topological polar surface area (TPSA) is 183 Å². The van der Waals surface area contributed by atoms with Gasteiger partial charge in [0.1, 0.15) is 17.7 Å². The second-order valence-electron chi connectivity index (χ2n) is 8.60. The van der Waals surface area contributed by atoms with Crippen molar-refractivity contribution in [2.24, 2.45) is 0 Å². The molecule has 0 aliphatic heterocycles. The number of nitrogens with one attached hydrogen (secondary N) is 3. The number of unbranched alkanes of at least 4 members (excludes halogenated alkanes) is 1. The fourth-order valence-corrected chi connectivity index (χ4v) is 4.00. The molecule has 0 aliphatic carbocycles. The van der Waals surface area contributed by atoms with Crippen molar-refractivity contribution in [3.05, 3.63) is 34.4 Å². The highest BCUT2D eigenvalue weighted by molar-refractivity contribution is 7.89. The molecule has 2 amide bonds. The smallest absolute Gasteiger partial charge is 0.407 e. The van der Waals surface area contributed by atoms with E-state index in [1.165, 1.54) is 6.92 Å². The number of non-ortho nitro benzene ring substituents is 1. The summed E-state index contributed by atoms with van der Waals surface area (Å²) in [6.45, 7) is 6.79. The van der Waals surface area contributed by atoms with Crippen LogP contribution in [0.1, 0.15) is 47.0 Å². The summed E-state index contributed by atoms with van der Waals surface area (Å²) in [6.07, 6.45) is 0.192. The first-order valence-corrected chi connectivity index (χ1v) is 12.3. The highest BCUT2D eigenvalue weighted by Gasteiger charge is 2.28. The Kier molecular flexibility index (Phi) is 11.1. The van der Waals surface area contributed by atoms with E-state index in [2.05, 4.69) is 20.1 Å². The number of nitro benzene ring substituents is 1. The zero-order valence-corrected chi connectivity index (χ0v) is 21.1. The summed E-state index contributed by atoms with van der Waals surface area (Å²) in [6, 6.07) is 1.89. The number of amides is 2. The number of alkyl carbamates (subject to hydrolysis) is 1. The minimum absolute atomic E-state index is 0.0436. The van der Waals surface area contributed by atoms with Gasteiger partial charge in [-0.1, -0.05) is 0 Å². The maximum Gasteiger partial charge on any atom is 0.407 e. The predicted octanol–water partition coefficient (Wildman–Crippen LogP) is 1.61. The molecular formula is C21H32N4O9S. The van der Waals surface area contributed by atoms with Gasteiger partial charge in [0, 0.05) is 18.7 Å². The summed E-state index contributed by atoms with van der Waals surface area (Å²) in [5.41, 5.74) is -0.942. The van der Waals surface area contributed by atoms with E-state index in [4.69, 9.17) is 4.74 Å². The third-order valence-corrected chi connectivity index (χ3v) is 5.96. The molecule has 1 aromatic rings. The van der Waals surface area contributed by atoms with Crippen LogP contribution in [-0.4, -0.2) is 62.7 Å². The molecule has 35 heavy (non-hydrogen) atoms. The SMILES string of the molecule is COC(=O)[C@H](C)NC(=O)[C@H](CCCCNC(=O)OC(C)(C)C)NS(=O)(=O)c1ccc([N+](=O)[O-])cc1. The van der Waals surface area contributed by atoms with Crippen LogP contribution in [0.2, 0.25) is 0 Å². The lowest BCUT2D eigenvalue weighted by atomic mass is 10.1. The van der Waals surface area contributed by atoms with Crippen LogP contribution in [0.5, 0.6) is 0 Å². The maximum atomic E-state index is 12.8. The van der Waals surface area contributed by atoms with Crippen LogP contribution in [-0.2, 0) is 29.1 Å². The van der Waals surface area contributed by atoms with E-state index in [-0.39, 0.29) is 23.5 Å². The van der Waals surface area contributed by atoms with Crippen LogP contribution in [0, 0.1) is 10.1 Å². The van der Waals surface area contributed by atoms with Crippen molar-refractivity contribution in [3.63, 3.8) is 0 Å². The van der Waals surface area contributed by atoms with Crippen LogP contribution in [0.4, 0.5) is 10.5 Å². The Labute approximate surface area is 204 Å². The van der Waals surface area contributed by atoms with Crippen LogP contribution in [0.25, 0.3) is 0 Å². The molecule has 196 valence electrons. The first kappa shape index (κ1) is 29.8. The number of nitro groups is 1. The number of hydrogen-bond acceptors (Lipinski definition) is 9. The molecule has 0 heterocycles. The van der Waals surface area contributed by atoms with Gasteiger partial charge < -0.3 is 20.1 Å². The average molecular weight is 517 g/mol. The largest absolute Gasteiger partial charge is 0.467 e. The van der Waals surface area contributed by atoms with Crippen molar-refractivity contribution in [1.29, 1.82) is 0 Å². The standard InChI is InChI=1S/C21H32N4O9S/c1-14(19(27)33-5)23-18(26)17(8-6-7-13-22-20(28)34-21(2,3)4)24-35(31,32)16-11-9-15(10-12-16)25(29)30/h9-12,14,17,24H,6-8,13H2,1-5H3,(H,22,28)(H,23,26)/t14-,17-/m0/s1. The van der Waals surface area contributed by atoms with Gasteiger partial charge in [-0.3, -0.25) is 14.9 Å². The number of carbonyl (C=O) groups excluding carboxylic acids is 3. The molecule has 1 rings (SSSR count). The molecule has 0 bridgehead atoms. The fourth-order valence-electron chi connectivity index (χ4n) is 2.77. The number of carbonyl (C=O) groups is 3. The van der Waals surface area contributed by atoms with E-state index in [9.17, 15) is 32.9 Å². The quantitative estimate of drug-likeness (QED) is 0.161. The van der Waals surface area contributed by atoms with Crippen molar-refractivity contribution in [2.75, 3.05) is 13.7 Å². The molecule has 0 spiro atoms. The third kappa shape index (κ3) is 10.7. The lowest BCUT2D eigenvalue weighted by molar-refractivity contribution is -0.384. The van der Waals surface area contributed by atoms with Gasteiger partial charge in [-0.25, -0.2) is 18.0 Å². The summed E-state index contributed by atoms with van der Waals surface area (Å²) in [5.74, 6) is -1.47. The van der Waals surface area contributed by atoms with Gasteiger partial charge in [-0.2, -0.15) is 4.72 Å². The number of benzene rings is 1. The maximum absolute atomic E-state index is 12.8. The number of methoxy groups -OCH3 is 1. The van der Waals surface area contributed by atoms with E-state index >= 15 is 0 Å². The van der Waals surface area contributed by atoms with Gasteiger partial charge in [-0.05, 0) is 59.1 Å². The lowest BCUT2D eigenvalue weighted by Crippen LogP contribution is -2.50. The minimum atomic E-state index is -4.22. The Bertz CT molecular complexity index is 1000. The van der Waals surface area contributed by atoms with Crippen molar-refractivity contribution in [1.82, 2.24) is 15.4 Å². The number of nitrogens with zero attached hydrogens (tertiary/aromatic N) is 1. The number of hydrogen-bond donors (Lipinski definition) is 3. The number of rotatable bonds is 12. The van der Waals surface area contributed by atoms with Gasteiger partial charge in [0.15, 0.2) is 0 Å². The summed E-state index contributed by atoms with van der Waals surface area (Å²) in [4.78, 5) is 46.0. The first-order chi connectivity index (χ1) is 16.2. The second-order valence-corrected chi connectivity index (χ2v) is 10.3. The van der Waals surface area contributed by atoms with Crippen LogP contribution in [0.15, 0.2) is 29.2 Å². The molecule has 3 N–H and O–H groups in total. The molecule has 0 radical (unpaired) electrons. The number of sulfonamides is 1. The Morgan fingerprint density at radius 1 is 1.11 bits per heavy atom. The molecule has 13 nitrogen and oxygen atoms in total. The Balaban J connectivity index is 2.86. The predicted molar refractivity (Wildman–Crippen MR) is 125 cm³/mol. The number of ether oxygens (including phenoxy) is 2. The molecule has 0 fully saturated rings. The normalized spacial score (nSPS) is 13.3. The van der Waals surface area contributed by atoms with Crippen molar-refractivity contribution >= 4 is 33.7 Å². The molecule has 0 saturated carbocycles. The van der Waals surface area contributed by atoms with Gasteiger partial charge in [-0.15, -0.1) is 0 Å². The van der Waals surface area contributed by atoms with Gasteiger partial charge >= 0.3 is 12.1 Å². The van der Waals surface area contributed by atoms with E-state index in [1.807, 2.05) is 0 Å². The molecule has 0 aliphatic rings. The van der Waals surface area contributed by atoms with Crippen LogP contribution >= 0.6 is 0 Å². The lowest BCUT2D eigenvalue weighted by Gasteiger charge is -2.21. The van der Waals surface area contributed by atoms with Crippen LogP contribution in [0.3, 0.4) is 0 Å². The summed E-state index contributed by atoms with van der Waals surface area (Å²) in [7, 11) is -3.07. The Morgan fingerprint density at radius 3 is 2.23 bits per heavy atom. The average Bonchev–Trinajstić information content (AvgIpc) is 2.76. The van der Waals surface area contributed by atoms with E-state index in [1.54, 1.807) is 20.8 Å². The summed E-state index contributed by atoms with van der Waals surface area (Å²) >= 11 is 0. The molecular weight excluding hydrogens is 484 g/mol. The van der Waals surface area contributed by atoms with E-state index < -0.39 is 50.6 Å². The molecule has 0 aromatic heterocycles. The number of esters is 1. The molecule has 0 saturated heterocycles. The molecule has 14 heteroatoms. The Morgan fingerprint density at radius 2 is 1.71 bits per heavy atom. The van der Waals surface area contributed by atoms with Gasteiger partial charge in [0.2, 0.25) is 15.9 Å². The molecule has 2 atom stereocenters. The van der Waals surface area contributed by atoms with Gasteiger partial charge in [0.05, 0.1) is 16.9 Å². The third-order valence-electron chi connectivity index (χ3n) is 4.47. The second kappa shape index (κ2) is 13.0.